The highest BCUT2D eigenvalue weighted by molar-refractivity contribution is 6.31. The number of halogens is 1. The van der Waals surface area contributed by atoms with E-state index in [1.165, 1.54) is 6.42 Å². The third-order valence-electron chi connectivity index (χ3n) is 3.79. The van der Waals surface area contributed by atoms with E-state index in [0.29, 0.717) is 11.3 Å². The summed E-state index contributed by atoms with van der Waals surface area (Å²) in [4.78, 5) is 0. The average Bonchev–Trinajstić information content (AvgIpc) is 2.76. The van der Waals surface area contributed by atoms with Gasteiger partial charge in [0.2, 0.25) is 0 Å². The molecule has 2 atom stereocenters. The summed E-state index contributed by atoms with van der Waals surface area (Å²) in [6.45, 7) is 9.19. The average molecular weight is 308 g/mol. The van der Waals surface area contributed by atoms with Crippen LogP contribution in [-0.4, -0.2) is 7.05 Å². The van der Waals surface area contributed by atoms with Crippen molar-refractivity contribution in [1.82, 2.24) is 5.32 Å². The maximum atomic E-state index is 6.04. The number of hydrogen-bond donors (Lipinski definition) is 1. The van der Waals surface area contributed by atoms with Crippen molar-refractivity contribution in [3.05, 3.63) is 35.0 Å². The lowest BCUT2D eigenvalue weighted by Gasteiger charge is -2.25. The van der Waals surface area contributed by atoms with Crippen LogP contribution in [0.1, 0.15) is 52.3 Å². The third-order valence-corrected chi connectivity index (χ3v) is 4.02. The molecule has 0 aliphatic carbocycles. The quantitative estimate of drug-likeness (QED) is 0.754. The summed E-state index contributed by atoms with van der Waals surface area (Å²) in [6, 6.07) is 8.11. The van der Waals surface area contributed by atoms with Crippen molar-refractivity contribution in [1.29, 1.82) is 0 Å². The summed E-state index contributed by atoms with van der Waals surface area (Å²) in [5.41, 5.74) is 1.26. The summed E-state index contributed by atoms with van der Waals surface area (Å²) in [7, 11) is 1.99. The highest BCUT2D eigenvalue weighted by atomic mass is 35.5. The Kier molecular flexibility index (Phi) is 5.00. The molecule has 0 fully saturated rings. The predicted octanol–water partition coefficient (Wildman–Crippen LogP) is 5.81. The van der Waals surface area contributed by atoms with Gasteiger partial charge in [0.25, 0.3) is 0 Å². The van der Waals surface area contributed by atoms with E-state index in [1.807, 2.05) is 25.2 Å². The molecule has 1 aromatic heterocycles. The lowest BCUT2D eigenvalue weighted by atomic mass is 9.82. The molecule has 0 saturated heterocycles. The number of furan rings is 1. The molecule has 2 nitrogen and oxygen atoms in total. The van der Waals surface area contributed by atoms with Crippen LogP contribution >= 0.6 is 11.6 Å². The van der Waals surface area contributed by atoms with E-state index in [0.717, 1.165) is 28.2 Å². The van der Waals surface area contributed by atoms with E-state index < -0.39 is 0 Å². The van der Waals surface area contributed by atoms with Crippen LogP contribution in [0.2, 0.25) is 5.02 Å². The second-order valence-corrected chi connectivity index (χ2v) is 7.71. The zero-order valence-corrected chi connectivity index (χ0v) is 14.4. The third kappa shape index (κ3) is 4.49. The first-order chi connectivity index (χ1) is 9.78. The van der Waals surface area contributed by atoms with Crippen molar-refractivity contribution >= 4 is 22.6 Å². The fourth-order valence-corrected chi connectivity index (χ4v) is 3.29. The predicted molar refractivity (Wildman–Crippen MR) is 90.9 cm³/mol. The Morgan fingerprint density at radius 3 is 2.57 bits per heavy atom. The van der Waals surface area contributed by atoms with Gasteiger partial charge in [-0.05, 0) is 55.5 Å². The molecule has 3 heteroatoms. The van der Waals surface area contributed by atoms with E-state index in [4.69, 9.17) is 16.0 Å². The van der Waals surface area contributed by atoms with Crippen LogP contribution in [0.15, 0.2) is 28.7 Å². The highest BCUT2D eigenvalue weighted by Crippen LogP contribution is 2.33. The largest absolute Gasteiger partial charge is 0.459 e. The minimum atomic E-state index is 0.244. The zero-order valence-electron chi connectivity index (χ0n) is 13.7. The lowest BCUT2D eigenvalue weighted by Crippen LogP contribution is -2.21. The van der Waals surface area contributed by atoms with Crippen molar-refractivity contribution in [3.8, 4) is 0 Å². The molecule has 1 aromatic carbocycles. The number of nitrogens with one attached hydrogen (secondary N) is 1. The van der Waals surface area contributed by atoms with Gasteiger partial charge < -0.3 is 9.73 Å². The second kappa shape index (κ2) is 6.41. The first kappa shape index (κ1) is 16.4. The smallest absolute Gasteiger partial charge is 0.134 e. The maximum absolute atomic E-state index is 6.04. The van der Waals surface area contributed by atoms with Gasteiger partial charge in [0.15, 0.2) is 0 Å². The van der Waals surface area contributed by atoms with Gasteiger partial charge >= 0.3 is 0 Å². The Morgan fingerprint density at radius 2 is 1.95 bits per heavy atom. The summed E-state index contributed by atoms with van der Waals surface area (Å²) in [5.74, 6) is 1.63. The van der Waals surface area contributed by atoms with Crippen LogP contribution < -0.4 is 5.32 Å². The van der Waals surface area contributed by atoms with Gasteiger partial charge in [-0.1, -0.05) is 39.3 Å². The van der Waals surface area contributed by atoms with E-state index in [2.05, 4.69) is 39.1 Å². The molecule has 21 heavy (non-hydrogen) atoms. The van der Waals surface area contributed by atoms with Gasteiger partial charge in [-0.3, -0.25) is 0 Å². The van der Waals surface area contributed by atoms with E-state index in [1.54, 1.807) is 0 Å². The standard InChI is InChI=1S/C18H26ClNO/c1-12(11-18(2,3)4)8-15(20-5)17-10-13-9-14(19)6-7-16(13)21-17/h6-7,9-10,12,15,20H,8,11H2,1-5H3. The summed E-state index contributed by atoms with van der Waals surface area (Å²) in [6.07, 6.45) is 2.28. The van der Waals surface area contributed by atoms with E-state index in [9.17, 15) is 0 Å². The number of rotatable bonds is 5. The Labute approximate surface area is 132 Å². The van der Waals surface area contributed by atoms with Crippen LogP contribution in [0.5, 0.6) is 0 Å². The molecule has 0 radical (unpaired) electrons. The van der Waals surface area contributed by atoms with Crippen molar-refractivity contribution in [3.63, 3.8) is 0 Å². The summed E-state index contributed by atoms with van der Waals surface area (Å²) >= 11 is 6.04. The van der Waals surface area contributed by atoms with Crippen molar-refractivity contribution < 1.29 is 4.42 Å². The van der Waals surface area contributed by atoms with Crippen LogP contribution in [0.25, 0.3) is 11.0 Å². The van der Waals surface area contributed by atoms with Crippen molar-refractivity contribution in [2.45, 2.75) is 46.6 Å². The number of hydrogen-bond acceptors (Lipinski definition) is 2. The fraction of sp³-hybridized carbons (Fsp3) is 0.556. The van der Waals surface area contributed by atoms with Crippen LogP contribution in [0, 0.1) is 11.3 Å². The first-order valence-corrected chi connectivity index (χ1v) is 8.02. The first-order valence-electron chi connectivity index (χ1n) is 7.65. The second-order valence-electron chi connectivity index (χ2n) is 7.28. The Morgan fingerprint density at radius 1 is 1.24 bits per heavy atom. The SMILES string of the molecule is CNC(CC(C)CC(C)(C)C)c1cc2cc(Cl)ccc2o1. The minimum absolute atomic E-state index is 0.244. The molecule has 0 bridgehead atoms. The molecule has 116 valence electrons. The monoisotopic (exact) mass is 307 g/mol. The molecule has 1 heterocycles. The molecule has 1 N–H and O–H groups in total. The zero-order chi connectivity index (χ0) is 15.6. The van der Waals surface area contributed by atoms with E-state index >= 15 is 0 Å². The molecular formula is C18H26ClNO. The normalized spacial score (nSPS) is 15.3. The number of fused-ring (bicyclic) bond motifs is 1. The number of benzene rings is 1. The van der Waals surface area contributed by atoms with Gasteiger partial charge in [-0.15, -0.1) is 0 Å². The molecule has 2 rings (SSSR count). The van der Waals surface area contributed by atoms with Gasteiger partial charge in [0.05, 0.1) is 6.04 Å². The molecule has 2 unspecified atom stereocenters. The van der Waals surface area contributed by atoms with Crippen LogP contribution in [-0.2, 0) is 0 Å². The lowest BCUT2D eigenvalue weighted by molar-refractivity contribution is 0.270. The van der Waals surface area contributed by atoms with E-state index in [-0.39, 0.29) is 6.04 Å². The van der Waals surface area contributed by atoms with Gasteiger partial charge in [0, 0.05) is 10.4 Å². The van der Waals surface area contributed by atoms with Crippen LogP contribution in [0.4, 0.5) is 0 Å². The van der Waals surface area contributed by atoms with Crippen molar-refractivity contribution in [2.75, 3.05) is 7.05 Å². The topological polar surface area (TPSA) is 25.2 Å². The fourth-order valence-electron chi connectivity index (χ4n) is 3.11. The van der Waals surface area contributed by atoms with Gasteiger partial charge in [-0.25, -0.2) is 0 Å². The summed E-state index contributed by atoms with van der Waals surface area (Å²) < 4.78 is 5.99. The molecule has 0 aliphatic rings. The Bertz CT molecular complexity index is 597. The van der Waals surface area contributed by atoms with Gasteiger partial charge in [-0.2, -0.15) is 0 Å². The Hall–Kier alpha value is -0.990. The summed E-state index contributed by atoms with van der Waals surface area (Å²) in [5, 5.41) is 5.20. The van der Waals surface area contributed by atoms with Crippen LogP contribution in [0.3, 0.4) is 0 Å². The minimum Gasteiger partial charge on any atom is -0.459 e. The molecule has 0 spiro atoms. The molecule has 0 amide bonds. The molecular weight excluding hydrogens is 282 g/mol. The van der Waals surface area contributed by atoms with Crippen molar-refractivity contribution in [2.24, 2.45) is 11.3 Å². The highest BCUT2D eigenvalue weighted by Gasteiger charge is 2.21. The molecule has 0 saturated carbocycles. The molecule has 0 aliphatic heterocycles. The maximum Gasteiger partial charge on any atom is 0.134 e. The Balaban J connectivity index is 2.15. The van der Waals surface area contributed by atoms with Gasteiger partial charge in [0.1, 0.15) is 11.3 Å². The molecule has 2 aromatic rings.